The molecular weight excluding hydrogens is 648 g/mol. The first kappa shape index (κ1) is 34.5. The maximum Gasteiger partial charge on any atom is 0.334 e. The summed E-state index contributed by atoms with van der Waals surface area (Å²) in [5.41, 5.74) is 9.27. The lowest BCUT2D eigenvalue weighted by atomic mass is 9.63. The number of nitrogens with zero attached hydrogens (tertiary/aromatic N) is 3. The third kappa shape index (κ3) is 5.18. The number of H-pyrrole nitrogens is 1. The van der Waals surface area contributed by atoms with E-state index >= 15 is 0 Å². The van der Waals surface area contributed by atoms with Gasteiger partial charge in [-0.25, -0.2) is 4.79 Å². The number of aromatic nitrogens is 1. The highest BCUT2D eigenvalue weighted by molar-refractivity contribution is 6.20. The minimum absolute atomic E-state index is 0.00802. The van der Waals surface area contributed by atoms with Crippen molar-refractivity contribution in [3.8, 4) is 0 Å². The van der Waals surface area contributed by atoms with E-state index in [-0.39, 0.29) is 41.5 Å². The van der Waals surface area contributed by atoms with E-state index in [0.717, 1.165) is 51.5 Å². The van der Waals surface area contributed by atoms with Crippen LogP contribution in [0.1, 0.15) is 69.5 Å². The van der Waals surface area contributed by atoms with Crippen molar-refractivity contribution >= 4 is 46.9 Å². The number of carbonyl (C=O) groups is 4. The monoisotopic (exact) mass is 692 g/mol. The molecule has 6 atom stereocenters. The van der Waals surface area contributed by atoms with E-state index in [9.17, 15) is 19.2 Å². The number of Topliss-reactive ketones (excluding diaryl/α,β-unsaturated/α-hetero) is 1. The van der Waals surface area contributed by atoms with Crippen LogP contribution in [0.15, 0.2) is 66.9 Å². The Morgan fingerprint density at radius 3 is 2.49 bits per heavy atom. The highest BCUT2D eigenvalue weighted by Gasteiger charge is 2.56. The summed E-state index contributed by atoms with van der Waals surface area (Å²) in [4.78, 5) is 72.2. The zero-order valence-corrected chi connectivity index (χ0v) is 30.4. The zero-order chi connectivity index (χ0) is 36.5. The van der Waals surface area contributed by atoms with Crippen LogP contribution in [0.3, 0.4) is 0 Å². The number of aromatic amines is 1. The fourth-order valence-corrected chi connectivity index (χ4v) is 9.22. The molecule has 6 aliphatic rings. The van der Waals surface area contributed by atoms with Crippen LogP contribution in [-0.2, 0) is 46.2 Å². The van der Waals surface area contributed by atoms with Gasteiger partial charge < -0.3 is 19.2 Å². The topological polar surface area (TPSA) is 149 Å². The fraction of sp³-hybridized carbons (Fsp3) is 0.475. The predicted octanol–water partition coefficient (Wildman–Crippen LogP) is 5.34. The lowest BCUT2D eigenvalue weighted by Gasteiger charge is -2.37. The molecule has 0 spiro atoms. The molecule has 266 valence electrons. The van der Waals surface area contributed by atoms with Gasteiger partial charge in [-0.15, -0.1) is 0 Å². The van der Waals surface area contributed by atoms with Gasteiger partial charge in [-0.05, 0) is 68.0 Å². The van der Waals surface area contributed by atoms with Gasteiger partial charge in [-0.2, -0.15) is 0 Å². The smallest absolute Gasteiger partial charge is 0.334 e. The summed E-state index contributed by atoms with van der Waals surface area (Å²) >= 11 is 0. The van der Waals surface area contributed by atoms with Crippen molar-refractivity contribution in [3.05, 3.63) is 74.4 Å². The molecule has 4 aliphatic heterocycles. The van der Waals surface area contributed by atoms with E-state index in [4.69, 9.17) is 29.2 Å². The number of hydrogen-bond acceptors (Lipinski definition) is 10. The number of ether oxygens (including phenoxy) is 3. The Balaban J connectivity index is 1.46. The summed E-state index contributed by atoms with van der Waals surface area (Å²) in [5.74, 6) is -2.71. The molecule has 1 saturated carbocycles. The van der Waals surface area contributed by atoms with Gasteiger partial charge in [0.1, 0.15) is 5.92 Å². The molecule has 51 heavy (non-hydrogen) atoms. The third-order valence-electron chi connectivity index (χ3n) is 12.1. The van der Waals surface area contributed by atoms with Crippen molar-refractivity contribution in [1.29, 1.82) is 0 Å². The average Bonchev–Trinajstić information content (AvgIpc) is 3.87. The van der Waals surface area contributed by atoms with Gasteiger partial charge in [-0.1, -0.05) is 26.0 Å². The summed E-state index contributed by atoms with van der Waals surface area (Å²) in [5, 5.41) is 0. The van der Waals surface area contributed by atoms with E-state index in [2.05, 4.69) is 31.8 Å². The van der Waals surface area contributed by atoms with Crippen LogP contribution in [-0.4, -0.2) is 73.2 Å². The molecule has 0 radical (unpaired) electrons. The van der Waals surface area contributed by atoms with Crippen LogP contribution < -0.4 is 0 Å². The second-order valence-electron chi connectivity index (χ2n) is 14.4. The normalized spacial score (nSPS) is 29.0. The summed E-state index contributed by atoms with van der Waals surface area (Å²) in [6.07, 6.45) is 9.72. The first-order chi connectivity index (χ1) is 24.4. The number of aliphatic imine (C=N–C) groups is 3. The van der Waals surface area contributed by atoms with E-state index in [1.165, 1.54) is 21.3 Å². The number of fused-ring (bicyclic) bond motifs is 8. The first-order valence-electron chi connectivity index (χ1n) is 17.7. The molecule has 1 fully saturated rings. The Hall–Kier alpha value is -4.93. The third-order valence-corrected chi connectivity index (χ3v) is 12.1. The quantitative estimate of drug-likeness (QED) is 0.312. The molecule has 1 N–H and O–H groups in total. The number of allylic oxidation sites excluding steroid dienone is 6. The van der Waals surface area contributed by atoms with Gasteiger partial charge >= 0.3 is 17.9 Å². The van der Waals surface area contributed by atoms with Crippen LogP contribution in [0.2, 0.25) is 0 Å². The molecule has 0 amide bonds. The molecule has 11 heteroatoms. The Morgan fingerprint density at radius 1 is 1.04 bits per heavy atom. The molecule has 11 nitrogen and oxygen atoms in total. The van der Waals surface area contributed by atoms with Crippen LogP contribution in [0.25, 0.3) is 6.08 Å². The number of methoxy groups -OCH3 is 3. The van der Waals surface area contributed by atoms with Crippen LogP contribution in [0.5, 0.6) is 0 Å². The maximum atomic E-state index is 13.7. The minimum Gasteiger partial charge on any atom is -0.469 e. The van der Waals surface area contributed by atoms with Gasteiger partial charge in [0.25, 0.3) is 0 Å². The highest BCUT2D eigenvalue weighted by atomic mass is 16.5. The Kier molecular flexibility index (Phi) is 8.58. The Labute approximate surface area is 297 Å². The first-order valence-corrected chi connectivity index (χ1v) is 17.7. The molecule has 1 aromatic rings. The molecule has 8 bridgehead atoms. The molecule has 0 saturated heterocycles. The van der Waals surface area contributed by atoms with Crippen LogP contribution in [0.4, 0.5) is 0 Å². The fourth-order valence-electron chi connectivity index (χ4n) is 9.22. The Bertz CT molecular complexity index is 2050. The highest BCUT2D eigenvalue weighted by Crippen LogP contribution is 2.53. The lowest BCUT2D eigenvalue weighted by Crippen LogP contribution is -2.45. The number of hydrogen-bond donors (Lipinski definition) is 1. The predicted molar refractivity (Wildman–Crippen MR) is 192 cm³/mol. The zero-order valence-electron chi connectivity index (χ0n) is 30.4. The molecule has 1 aromatic heterocycles. The van der Waals surface area contributed by atoms with Gasteiger partial charge in [0.15, 0.2) is 5.78 Å². The summed E-state index contributed by atoms with van der Waals surface area (Å²) < 4.78 is 15.5. The Morgan fingerprint density at radius 2 is 1.80 bits per heavy atom. The van der Waals surface area contributed by atoms with E-state index in [1.54, 1.807) is 6.08 Å². The number of esters is 3. The minimum atomic E-state index is -1.05. The van der Waals surface area contributed by atoms with Gasteiger partial charge in [0, 0.05) is 71.1 Å². The molecule has 4 unspecified atom stereocenters. The molecular formula is C40H44N4O7. The van der Waals surface area contributed by atoms with Gasteiger partial charge in [0.2, 0.25) is 0 Å². The van der Waals surface area contributed by atoms with Crippen molar-refractivity contribution in [2.75, 3.05) is 21.3 Å². The second kappa shape index (κ2) is 12.7. The largest absolute Gasteiger partial charge is 0.469 e. The van der Waals surface area contributed by atoms with Crippen LogP contribution >= 0.6 is 0 Å². The second-order valence-corrected chi connectivity index (χ2v) is 14.4. The number of rotatable bonds is 6. The number of carbonyl (C=O) groups excluding carboxylic acids is 4. The van der Waals surface area contributed by atoms with Crippen molar-refractivity contribution in [2.45, 2.75) is 72.8 Å². The molecule has 2 aliphatic carbocycles. The van der Waals surface area contributed by atoms with Crippen molar-refractivity contribution in [3.63, 3.8) is 0 Å². The molecule has 7 rings (SSSR count). The lowest BCUT2D eigenvalue weighted by molar-refractivity contribution is -0.149. The van der Waals surface area contributed by atoms with Gasteiger partial charge in [-0.3, -0.25) is 29.4 Å². The summed E-state index contributed by atoms with van der Waals surface area (Å²) in [6, 6.07) is -0.404. The molecule has 0 aromatic carbocycles. The van der Waals surface area contributed by atoms with Crippen LogP contribution in [0, 0.1) is 36.0 Å². The molecule has 5 heterocycles. The SMILES string of the molecule is CCc1c2[nH]c(c1C)C=C1N=C(C3CC(=O)C4=C(C)C(=NC43)C=C3N=C(C2)C2(C)C3=CC=C(C(=O)OC)C2C(=O)OC)[C@@H](CCC(=O)OC)[C@@H]1C. The summed E-state index contributed by atoms with van der Waals surface area (Å²) in [6.45, 7) is 10.2. The standard InChI is InChI=1S/C40H44N4O7/c1-9-21-18(2)26-15-27-19(3)22(11-13-33(46)49-6)36(43-27)24-14-31(45)34-20(4)28(44-37(24)34)16-30-25-12-10-23(38(47)50-7)35(39(48)51-8)40(25,5)32(42-30)17-29(21)41-26/h10,12,15-16,19,22,24,35,37,41H,9,11,13-14,17H2,1-8H3/t19-,22-,24?,35?,37?,40?/m0/s1. The summed E-state index contributed by atoms with van der Waals surface area (Å²) in [7, 11) is 4.01. The average molecular weight is 693 g/mol. The van der Waals surface area contributed by atoms with Gasteiger partial charge in [0.05, 0.1) is 49.8 Å². The van der Waals surface area contributed by atoms with E-state index < -0.39 is 29.3 Å². The van der Waals surface area contributed by atoms with E-state index in [0.29, 0.717) is 42.0 Å². The van der Waals surface area contributed by atoms with Crippen molar-refractivity contribution in [2.24, 2.45) is 44.1 Å². The maximum absolute atomic E-state index is 13.7. The van der Waals surface area contributed by atoms with Crippen molar-refractivity contribution < 1.29 is 33.4 Å². The van der Waals surface area contributed by atoms with E-state index in [1.807, 2.05) is 26.0 Å². The number of nitrogens with one attached hydrogen (secondary N) is 1. The van der Waals surface area contributed by atoms with Crippen molar-refractivity contribution in [1.82, 2.24) is 4.98 Å². The number of ketones is 1.